The molecule has 15 heteroatoms. The van der Waals surface area contributed by atoms with Gasteiger partial charge in [0.1, 0.15) is 11.4 Å². The summed E-state index contributed by atoms with van der Waals surface area (Å²) in [6.07, 6.45) is 0.310. The van der Waals surface area contributed by atoms with Gasteiger partial charge in [0.15, 0.2) is 5.75 Å². The van der Waals surface area contributed by atoms with E-state index in [1.165, 1.54) is 19.2 Å². The molecule has 1 aliphatic carbocycles. The molecular formula is C29H37F3N6O5S. The van der Waals surface area contributed by atoms with Gasteiger partial charge >= 0.3 is 12.3 Å². The van der Waals surface area contributed by atoms with Crippen LogP contribution in [0.4, 0.5) is 29.7 Å². The first kappa shape index (κ1) is 33.0. The average molecular weight is 639 g/mol. The Morgan fingerprint density at radius 1 is 1.05 bits per heavy atom. The van der Waals surface area contributed by atoms with Crippen LogP contribution in [-0.2, 0) is 21.2 Å². The van der Waals surface area contributed by atoms with Crippen LogP contribution >= 0.6 is 0 Å². The summed E-state index contributed by atoms with van der Waals surface area (Å²) < 4.78 is 74.2. The van der Waals surface area contributed by atoms with E-state index in [9.17, 15) is 26.4 Å². The maximum Gasteiger partial charge on any atom is 0.407 e. The maximum atomic E-state index is 12.6. The van der Waals surface area contributed by atoms with Gasteiger partial charge in [-0.05, 0) is 88.3 Å². The summed E-state index contributed by atoms with van der Waals surface area (Å²) in [5.41, 5.74) is 2.35. The Labute approximate surface area is 254 Å². The summed E-state index contributed by atoms with van der Waals surface area (Å²) in [5.74, 6) is -1.78. The van der Waals surface area contributed by atoms with Crippen LogP contribution in [0, 0.1) is 0 Å². The number of sulfonamides is 1. The van der Waals surface area contributed by atoms with Crippen LogP contribution in [0.1, 0.15) is 58.9 Å². The molecule has 2 aromatic heterocycles. The smallest absolute Gasteiger partial charge is 0.407 e. The molecule has 4 rings (SSSR count). The van der Waals surface area contributed by atoms with Crippen molar-refractivity contribution < 1.29 is 35.9 Å². The van der Waals surface area contributed by atoms with Crippen LogP contribution in [0.25, 0.3) is 22.0 Å². The number of anilines is 2. The van der Waals surface area contributed by atoms with Gasteiger partial charge in [-0.1, -0.05) is 6.92 Å². The van der Waals surface area contributed by atoms with Crippen LogP contribution in [0.5, 0.6) is 5.88 Å². The molecule has 1 amide bonds. The molecule has 2 heterocycles. The lowest BCUT2D eigenvalue weighted by Gasteiger charge is -2.30. The van der Waals surface area contributed by atoms with Crippen molar-refractivity contribution in [3.63, 3.8) is 0 Å². The number of alkyl halides is 3. The van der Waals surface area contributed by atoms with Crippen molar-refractivity contribution in [2.45, 2.75) is 83.7 Å². The van der Waals surface area contributed by atoms with Gasteiger partial charge in [0.25, 0.3) is 0 Å². The molecule has 0 aliphatic heterocycles. The van der Waals surface area contributed by atoms with Crippen molar-refractivity contribution in [1.82, 2.24) is 20.3 Å². The summed E-state index contributed by atoms with van der Waals surface area (Å²) in [4.78, 5) is 25.5. The third-order valence-electron chi connectivity index (χ3n) is 6.90. The summed E-state index contributed by atoms with van der Waals surface area (Å²) in [7, 11) is -3.36. The summed E-state index contributed by atoms with van der Waals surface area (Å²) >= 11 is 0. The Hall–Kier alpha value is -3.88. The van der Waals surface area contributed by atoms with Crippen LogP contribution in [-0.4, -0.2) is 66.2 Å². The maximum absolute atomic E-state index is 12.6. The zero-order valence-corrected chi connectivity index (χ0v) is 26.0. The number of alkyl carbamates (subject to hydrolysis) is 1. The number of amides is 1. The Morgan fingerprint density at radius 2 is 1.73 bits per heavy atom. The zero-order valence-electron chi connectivity index (χ0n) is 25.2. The second-order valence-electron chi connectivity index (χ2n) is 11.7. The van der Waals surface area contributed by atoms with Crippen molar-refractivity contribution in [2.24, 2.45) is 0 Å². The number of nitrogens with one attached hydrogen (secondary N) is 3. The molecule has 3 aromatic rings. The second kappa shape index (κ2) is 13.0. The number of fused-ring (bicyclic) bond motifs is 1. The Balaban J connectivity index is 1.48. The van der Waals surface area contributed by atoms with Gasteiger partial charge in [-0.3, -0.25) is 4.72 Å². The standard InChI is InChI=1S/C29H37F3N6O5S/c1-6-17-13-18(22-11-12-23(36-25(22)42-5)38-44(40,41)16-29(30,31)32)14-19-15-33-26(37-24(17)19)34-20-7-9-21(10-8-20)35-27(39)43-28(2,3)4/h11-15,20-21H,6-10,16H2,1-5H3,(H,35,39)(H,36,38)(H,33,34,37)/t20-,21-. The molecule has 240 valence electrons. The molecule has 0 unspecified atom stereocenters. The van der Waals surface area contributed by atoms with E-state index < -0.39 is 33.6 Å². The van der Waals surface area contributed by atoms with Gasteiger partial charge in [0.05, 0.1) is 12.6 Å². The number of carbonyl (C=O) groups is 1. The number of nitrogens with zero attached hydrogens (tertiary/aromatic N) is 3. The molecule has 11 nitrogen and oxygen atoms in total. The fourth-order valence-corrected chi connectivity index (χ4v) is 5.97. The van der Waals surface area contributed by atoms with Crippen LogP contribution in [0.15, 0.2) is 30.5 Å². The molecule has 1 saturated carbocycles. The minimum Gasteiger partial charge on any atom is -0.480 e. The summed E-state index contributed by atoms with van der Waals surface area (Å²) in [6, 6.07) is 6.77. The Bertz CT molecular complexity index is 1600. The number of aryl methyl sites for hydroxylation is 1. The SMILES string of the molecule is CCc1cc(-c2ccc(NS(=O)(=O)CC(F)(F)F)nc2OC)cc2cnc(N[C@H]3CC[C@H](NC(=O)OC(C)(C)C)CC3)nc12. The monoisotopic (exact) mass is 638 g/mol. The van der Waals surface area contributed by atoms with Crippen LogP contribution in [0.2, 0.25) is 0 Å². The molecule has 0 spiro atoms. The van der Waals surface area contributed by atoms with Gasteiger partial charge < -0.3 is 20.1 Å². The first-order valence-electron chi connectivity index (χ1n) is 14.2. The fourth-order valence-electron chi connectivity index (χ4n) is 5.04. The highest BCUT2D eigenvalue weighted by Crippen LogP contribution is 2.34. The number of hydrogen-bond acceptors (Lipinski definition) is 9. The van der Waals surface area contributed by atoms with E-state index in [1.807, 2.05) is 44.5 Å². The van der Waals surface area contributed by atoms with Gasteiger partial charge in [0.2, 0.25) is 21.9 Å². The van der Waals surface area contributed by atoms with E-state index in [2.05, 4.69) is 20.6 Å². The van der Waals surface area contributed by atoms with Crippen molar-refractivity contribution in [2.75, 3.05) is 22.9 Å². The number of pyridine rings is 1. The van der Waals surface area contributed by atoms with Crippen molar-refractivity contribution in [3.05, 3.63) is 36.0 Å². The summed E-state index contributed by atoms with van der Waals surface area (Å²) in [5, 5.41) is 7.12. The molecule has 0 saturated heterocycles. The van der Waals surface area contributed by atoms with Crippen LogP contribution < -0.4 is 20.1 Å². The van der Waals surface area contributed by atoms with Gasteiger partial charge in [-0.2, -0.15) is 18.2 Å². The molecule has 0 bridgehead atoms. The molecular weight excluding hydrogens is 601 g/mol. The number of aromatic nitrogens is 3. The molecule has 44 heavy (non-hydrogen) atoms. The van der Waals surface area contributed by atoms with Gasteiger partial charge in [-0.25, -0.2) is 23.2 Å². The minimum absolute atomic E-state index is 0.0366. The van der Waals surface area contributed by atoms with Crippen molar-refractivity contribution >= 4 is 38.8 Å². The lowest BCUT2D eigenvalue weighted by molar-refractivity contribution is -0.106. The molecule has 0 atom stereocenters. The topological polar surface area (TPSA) is 144 Å². The normalized spacial score (nSPS) is 17.6. The number of hydrogen-bond donors (Lipinski definition) is 3. The van der Waals surface area contributed by atoms with E-state index in [-0.39, 0.29) is 23.8 Å². The zero-order chi connectivity index (χ0) is 32.3. The highest BCUT2D eigenvalue weighted by atomic mass is 32.2. The quantitative estimate of drug-likeness (QED) is 0.264. The van der Waals surface area contributed by atoms with Gasteiger partial charge in [-0.15, -0.1) is 0 Å². The predicted octanol–water partition coefficient (Wildman–Crippen LogP) is 5.81. The summed E-state index contributed by atoms with van der Waals surface area (Å²) in [6.45, 7) is 7.47. The average Bonchev–Trinajstić information content (AvgIpc) is 2.90. The lowest BCUT2D eigenvalue weighted by atomic mass is 9.91. The molecule has 3 N–H and O–H groups in total. The first-order valence-corrected chi connectivity index (χ1v) is 15.9. The molecule has 1 aliphatic rings. The van der Waals surface area contributed by atoms with Crippen LogP contribution in [0.3, 0.4) is 0 Å². The largest absolute Gasteiger partial charge is 0.480 e. The highest BCUT2D eigenvalue weighted by molar-refractivity contribution is 7.92. The van der Waals surface area contributed by atoms with Crippen molar-refractivity contribution in [1.29, 1.82) is 0 Å². The van der Waals surface area contributed by atoms with E-state index in [1.54, 1.807) is 6.20 Å². The number of methoxy groups -OCH3 is 1. The van der Waals surface area contributed by atoms with E-state index >= 15 is 0 Å². The number of benzene rings is 1. The second-order valence-corrected chi connectivity index (χ2v) is 13.4. The third-order valence-corrected chi connectivity index (χ3v) is 8.13. The number of rotatable bonds is 9. The third kappa shape index (κ3) is 9.07. The van der Waals surface area contributed by atoms with Gasteiger partial charge in [0, 0.05) is 29.2 Å². The highest BCUT2D eigenvalue weighted by Gasteiger charge is 2.35. The van der Waals surface area contributed by atoms with E-state index in [0.717, 1.165) is 42.1 Å². The molecule has 1 fully saturated rings. The lowest BCUT2D eigenvalue weighted by Crippen LogP contribution is -2.42. The number of ether oxygens (including phenoxy) is 2. The number of halogens is 3. The minimum atomic E-state index is -4.89. The fraction of sp³-hybridized carbons (Fsp3) is 0.517. The van der Waals surface area contributed by atoms with Crippen molar-refractivity contribution in [3.8, 4) is 17.0 Å². The Morgan fingerprint density at radius 3 is 2.34 bits per heavy atom. The Kier molecular flexibility index (Phi) is 9.76. The van der Waals surface area contributed by atoms with E-state index in [0.29, 0.717) is 23.5 Å². The van der Waals surface area contributed by atoms with E-state index in [4.69, 9.17) is 14.5 Å². The number of carbonyl (C=O) groups excluding carboxylic acids is 1. The predicted molar refractivity (Wildman–Crippen MR) is 161 cm³/mol. The molecule has 1 aromatic carbocycles. The molecule has 0 radical (unpaired) electrons. The first-order chi connectivity index (χ1) is 20.5.